The van der Waals surface area contributed by atoms with Gasteiger partial charge >= 0.3 is 11.9 Å². The first-order chi connectivity index (χ1) is 12.8. The molecule has 0 heterocycles. The lowest BCUT2D eigenvalue weighted by Crippen LogP contribution is -2.56. The minimum atomic E-state index is -1.54. The molecular formula is C15H25N5O8. The standard InChI is InChI=1S/C15H25N5O8/c1-6(12(24)19-7(2)15(27)28)18-14(26)9(5-11(22)23)20-13(25)8(16)3-4-10(17)21/h6-9H,3-5,16H2,1-2H3,(H2,17,21)(H,18,26)(H,19,24)(H,20,25)(H,22,23)(H,27,28). The molecule has 0 aliphatic rings. The summed E-state index contributed by atoms with van der Waals surface area (Å²) < 4.78 is 0. The molecule has 0 bridgehead atoms. The molecule has 0 saturated heterocycles. The summed E-state index contributed by atoms with van der Waals surface area (Å²) in [7, 11) is 0. The van der Waals surface area contributed by atoms with Crippen LogP contribution in [-0.4, -0.2) is 69.9 Å². The monoisotopic (exact) mass is 403 g/mol. The fraction of sp³-hybridized carbons (Fsp3) is 0.600. The van der Waals surface area contributed by atoms with Crippen molar-refractivity contribution < 1.29 is 39.0 Å². The summed E-state index contributed by atoms with van der Waals surface area (Å²) in [5, 5.41) is 24.1. The van der Waals surface area contributed by atoms with E-state index in [1.54, 1.807) is 0 Å². The van der Waals surface area contributed by atoms with Crippen LogP contribution in [-0.2, 0) is 28.8 Å². The topological polar surface area (TPSA) is 231 Å². The molecule has 0 aromatic rings. The maximum atomic E-state index is 12.2. The Balaban J connectivity index is 4.95. The van der Waals surface area contributed by atoms with Gasteiger partial charge in [-0.2, -0.15) is 0 Å². The summed E-state index contributed by atoms with van der Waals surface area (Å²) in [5.74, 6) is -6.04. The number of hydrogen-bond donors (Lipinski definition) is 7. The lowest BCUT2D eigenvalue weighted by atomic mass is 10.1. The van der Waals surface area contributed by atoms with Gasteiger partial charge in [-0.3, -0.25) is 28.8 Å². The summed E-state index contributed by atoms with van der Waals surface area (Å²) in [6, 6.07) is -5.15. The summed E-state index contributed by atoms with van der Waals surface area (Å²) in [6.07, 6.45) is -1.07. The lowest BCUT2D eigenvalue weighted by molar-refractivity contribution is -0.142. The predicted octanol–water partition coefficient (Wildman–Crippen LogP) is -3.37. The molecule has 4 atom stereocenters. The zero-order valence-corrected chi connectivity index (χ0v) is 15.4. The van der Waals surface area contributed by atoms with Crippen LogP contribution in [0.5, 0.6) is 0 Å². The van der Waals surface area contributed by atoms with Crippen molar-refractivity contribution in [2.75, 3.05) is 0 Å². The normalized spacial score (nSPS) is 14.7. The summed E-state index contributed by atoms with van der Waals surface area (Å²) in [5.41, 5.74) is 10.5. The number of carbonyl (C=O) groups is 6. The Morgan fingerprint density at radius 3 is 1.86 bits per heavy atom. The first-order valence-electron chi connectivity index (χ1n) is 8.24. The van der Waals surface area contributed by atoms with Crippen molar-refractivity contribution in [2.24, 2.45) is 11.5 Å². The fourth-order valence-electron chi connectivity index (χ4n) is 1.87. The van der Waals surface area contributed by atoms with Gasteiger partial charge in [-0.05, 0) is 20.3 Å². The number of amides is 4. The maximum absolute atomic E-state index is 12.2. The van der Waals surface area contributed by atoms with Gasteiger partial charge < -0.3 is 37.6 Å². The molecular weight excluding hydrogens is 378 g/mol. The first kappa shape index (κ1) is 24.8. The Morgan fingerprint density at radius 2 is 1.39 bits per heavy atom. The average Bonchev–Trinajstić information content (AvgIpc) is 2.57. The van der Waals surface area contributed by atoms with Crippen molar-refractivity contribution in [3.8, 4) is 0 Å². The highest BCUT2D eigenvalue weighted by atomic mass is 16.4. The van der Waals surface area contributed by atoms with Gasteiger partial charge in [0.25, 0.3) is 0 Å². The van der Waals surface area contributed by atoms with Crippen LogP contribution < -0.4 is 27.4 Å². The average molecular weight is 403 g/mol. The molecule has 13 nitrogen and oxygen atoms in total. The first-order valence-corrected chi connectivity index (χ1v) is 8.24. The van der Waals surface area contributed by atoms with Crippen molar-refractivity contribution in [3.05, 3.63) is 0 Å². The number of nitrogens with one attached hydrogen (secondary N) is 3. The van der Waals surface area contributed by atoms with Crippen LogP contribution in [0, 0.1) is 0 Å². The molecule has 0 saturated carbocycles. The number of carbonyl (C=O) groups excluding carboxylic acids is 4. The number of rotatable bonds is 12. The zero-order chi connectivity index (χ0) is 22.0. The summed E-state index contributed by atoms with van der Waals surface area (Å²) >= 11 is 0. The molecule has 28 heavy (non-hydrogen) atoms. The largest absolute Gasteiger partial charge is 0.481 e. The quantitative estimate of drug-likeness (QED) is 0.172. The number of primary amides is 1. The molecule has 4 amide bonds. The van der Waals surface area contributed by atoms with E-state index >= 15 is 0 Å². The smallest absolute Gasteiger partial charge is 0.325 e. The molecule has 158 valence electrons. The third kappa shape index (κ3) is 9.47. The van der Waals surface area contributed by atoms with Crippen LogP contribution in [0.3, 0.4) is 0 Å². The number of hydrogen-bond acceptors (Lipinski definition) is 7. The van der Waals surface area contributed by atoms with E-state index in [1.807, 2.05) is 0 Å². The van der Waals surface area contributed by atoms with Crippen molar-refractivity contribution in [1.29, 1.82) is 0 Å². The summed E-state index contributed by atoms with van der Waals surface area (Å²) in [6.45, 7) is 2.47. The van der Waals surface area contributed by atoms with Crippen LogP contribution in [0.2, 0.25) is 0 Å². The highest BCUT2D eigenvalue weighted by Crippen LogP contribution is 1.99. The number of carboxylic acid groups (broad SMARTS) is 2. The fourth-order valence-corrected chi connectivity index (χ4v) is 1.87. The highest BCUT2D eigenvalue weighted by Gasteiger charge is 2.29. The molecule has 9 N–H and O–H groups in total. The van der Waals surface area contributed by atoms with Gasteiger partial charge in [-0.1, -0.05) is 0 Å². The summed E-state index contributed by atoms with van der Waals surface area (Å²) in [4.78, 5) is 68.5. The highest BCUT2D eigenvalue weighted by molar-refractivity contribution is 5.95. The molecule has 0 aliphatic carbocycles. The van der Waals surface area contributed by atoms with Crippen LogP contribution in [0.4, 0.5) is 0 Å². The van der Waals surface area contributed by atoms with E-state index in [4.69, 9.17) is 21.7 Å². The van der Waals surface area contributed by atoms with Crippen LogP contribution in [0.15, 0.2) is 0 Å². The van der Waals surface area contributed by atoms with Gasteiger partial charge in [0.05, 0.1) is 12.5 Å². The maximum Gasteiger partial charge on any atom is 0.325 e. The molecule has 0 rings (SSSR count). The van der Waals surface area contributed by atoms with Gasteiger partial charge in [0, 0.05) is 6.42 Å². The Hall–Kier alpha value is -3.22. The van der Waals surface area contributed by atoms with Crippen molar-refractivity contribution >= 4 is 35.6 Å². The third-order valence-electron chi connectivity index (χ3n) is 3.53. The Kier molecular flexibility index (Phi) is 10.2. The molecule has 0 aromatic heterocycles. The predicted molar refractivity (Wildman–Crippen MR) is 93.4 cm³/mol. The van der Waals surface area contributed by atoms with Gasteiger partial charge in [-0.25, -0.2) is 0 Å². The van der Waals surface area contributed by atoms with E-state index in [0.717, 1.165) is 0 Å². The van der Waals surface area contributed by atoms with E-state index in [0.29, 0.717) is 0 Å². The second kappa shape index (κ2) is 11.5. The van der Waals surface area contributed by atoms with E-state index in [9.17, 15) is 28.8 Å². The minimum Gasteiger partial charge on any atom is -0.481 e. The SMILES string of the molecule is CC(NC(=O)C(C)NC(=O)C(CC(=O)O)NC(=O)C(N)CCC(N)=O)C(=O)O. The number of aliphatic carboxylic acids is 2. The van der Waals surface area contributed by atoms with Gasteiger partial charge in [0.2, 0.25) is 23.6 Å². The van der Waals surface area contributed by atoms with Crippen LogP contribution in [0.1, 0.15) is 33.1 Å². The zero-order valence-electron chi connectivity index (χ0n) is 15.4. The van der Waals surface area contributed by atoms with E-state index in [1.165, 1.54) is 13.8 Å². The second-order valence-electron chi connectivity index (χ2n) is 6.07. The van der Waals surface area contributed by atoms with Crippen molar-refractivity contribution in [1.82, 2.24) is 16.0 Å². The Morgan fingerprint density at radius 1 is 0.857 bits per heavy atom. The molecule has 0 spiro atoms. The van der Waals surface area contributed by atoms with Crippen molar-refractivity contribution in [2.45, 2.75) is 57.3 Å². The van der Waals surface area contributed by atoms with Crippen LogP contribution in [0.25, 0.3) is 0 Å². The van der Waals surface area contributed by atoms with E-state index in [-0.39, 0.29) is 12.8 Å². The van der Waals surface area contributed by atoms with Gasteiger partial charge in [0.1, 0.15) is 18.1 Å². The van der Waals surface area contributed by atoms with Crippen LogP contribution >= 0.6 is 0 Å². The lowest BCUT2D eigenvalue weighted by Gasteiger charge is -2.22. The molecule has 0 radical (unpaired) electrons. The second-order valence-corrected chi connectivity index (χ2v) is 6.07. The molecule has 0 aliphatic heterocycles. The van der Waals surface area contributed by atoms with Gasteiger partial charge in [-0.15, -0.1) is 0 Å². The Labute approximate surface area is 160 Å². The number of carboxylic acids is 2. The van der Waals surface area contributed by atoms with Gasteiger partial charge in [0.15, 0.2) is 0 Å². The minimum absolute atomic E-state index is 0.103. The van der Waals surface area contributed by atoms with E-state index in [2.05, 4.69) is 16.0 Å². The molecule has 13 heteroatoms. The Bertz CT molecular complexity index is 638. The molecule has 0 fully saturated rings. The van der Waals surface area contributed by atoms with E-state index < -0.39 is 66.2 Å². The third-order valence-corrected chi connectivity index (χ3v) is 3.53. The molecule has 0 aromatic carbocycles. The number of nitrogens with two attached hydrogens (primary N) is 2. The molecule has 4 unspecified atom stereocenters. The van der Waals surface area contributed by atoms with Crippen molar-refractivity contribution in [3.63, 3.8) is 0 Å².